The van der Waals surface area contributed by atoms with Crippen molar-refractivity contribution in [2.24, 2.45) is 7.05 Å². The summed E-state index contributed by atoms with van der Waals surface area (Å²) in [7, 11) is 4.83. The number of benzene rings is 1. The van der Waals surface area contributed by atoms with Crippen LogP contribution in [-0.4, -0.2) is 52.7 Å². The zero-order chi connectivity index (χ0) is 20.7. The first-order valence-electron chi connectivity index (χ1n) is 8.63. The fourth-order valence-electron chi connectivity index (χ4n) is 2.31. The summed E-state index contributed by atoms with van der Waals surface area (Å²) in [4.78, 5) is 24.1. The molecule has 1 heterocycles. The standard InChI is InChI=1S/C18H24N4O5S/c1-6-27-16(23)10-15-20-21-18(22(15)3)28-11(2)17(24)19-12-7-8-13(25-4)14(9-12)26-5/h7-9,11H,6,10H2,1-5H3,(H,19,24)/t11-/m0/s1. The fraction of sp³-hybridized carbons (Fsp3) is 0.444. The molecule has 0 aliphatic heterocycles. The summed E-state index contributed by atoms with van der Waals surface area (Å²) >= 11 is 1.25. The highest BCUT2D eigenvalue weighted by Crippen LogP contribution is 2.30. The second-order valence-electron chi connectivity index (χ2n) is 5.76. The third kappa shape index (κ3) is 5.38. The van der Waals surface area contributed by atoms with Crippen molar-refractivity contribution in [3.05, 3.63) is 24.0 Å². The summed E-state index contributed by atoms with van der Waals surface area (Å²) in [6.45, 7) is 3.82. The monoisotopic (exact) mass is 408 g/mol. The van der Waals surface area contributed by atoms with E-state index in [-0.39, 0.29) is 18.3 Å². The van der Waals surface area contributed by atoms with Gasteiger partial charge in [0.05, 0.1) is 26.1 Å². The van der Waals surface area contributed by atoms with Crippen LogP contribution in [0.3, 0.4) is 0 Å². The third-order valence-electron chi connectivity index (χ3n) is 3.84. The number of esters is 1. The van der Waals surface area contributed by atoms with Gasteiger partial charge in [-0.3, -0.25) is 9.59 Å². The van der Waals surface area contributed by atoms with E-state index in [1.54, 1.807) is 50.8 Å². The number of rotatable bonds is 9. The highest BCUT2D eigenvalue weighted by atomic mass is 32.2. The predicted molar refractivity (Wildman–Crippen MR) is 105 cm³/mol. The number of methoxy groups -OCH3 is 2. The maximum Gasteiger partial charge on any atom is 0.313 e. The van der Waals surface area contributed by atoms with Crippen molar-refractivity contribution in [2.75, 3.05) is 26.1 Å². The fourth-order valence-corrected chi connectivity index (χ4v) is 3.15. The first kappa shape index (κ1) is 21.5. The Kier molecular flexibility index (Phi) is 7.68. The van der Waals surface area contributed by atoms with Crippen molar-refractivity contribution in [3.63, 3.8) is 0 Å². The lowest BCUT2D eigenvalue weighted by Gasteiger charge is -2.13. The highest BCUT2D eigenvalue weighted by molar-refractivity contribution is 8.00. The van der Waals surface area contributed by atoms with Crippen LogP contribution >= 0.6 is 11.8 Å². The Bertz CT molecular complexity index is 839. The normalized spacial score (nSPS) is 11.6. The quantitative estimate of drug-likeness (QED) is 0.497. The van der Waals surface area contributed by atoms with E-state index in [1.807, 2.05) is 0 Å². The molecule has 0 radical (unpaired) electrons. The molecule has 152 valence electrons. The average Bonchev–Trinajstić information content (AvgIpc) is 3.01. The maximum absolute atomic E-state index is 12.5. The number of thioether (sulfide) groups is 1. The molecule has 0 fully saturated rings. The number of hydrogen-bond donors (Lipinski definition) is 1. The largest absolute Gasteiger partial charge is 0.493 e. The van der Waals surface area contributed by atoms with Gasteiger partial charge in [0.1, 0.15) is 12.2 Å². The van der Waals surface area contributed by atoms with Crippen LogP contribution in [0.4, 0.5) is 5.69 Å². The van der Waals surface area contributed by atoms with E-state index < -0.39 is 5.25 Å². The van der Waals surface area contributed by atoms with E-state index in [1.165, 1.54) is 18.9 Å². The van der Waals surface area contributed by atoms with Crippen LogP contribution in [0.2, 0.25) is 0 Å². The van der Waals surface area contributed by atoms with Crippen molar-refractivity contribution >= 4 is 29.3 Å². The molecule has 1 atom stereocenters. The number of nitrogens with one attached hydrogen (secondary N) is 1. The molecule has 10 heteroatoms. The molecule has 0 aliphatic rings. The van der Waals surface area contributed by atoms with Crippen LogP contribution < -0.4 is 14.8 Å². The Morgan fingerprint density at radius 1 is 1.21 bits per heavy atom. The molecule has 1 aromatic heterocycles. The molecule has 0 aliphatic carbocycles. The van der Waals surface area contributed by atoms with E-state index in [4.69, 9.17) is 14.2 Å². The van der Waals surface area contributed by atoms with E-state index in [2.05, 4.69) is 15.5 Å². The number of carbonyl (C=O) groups is 2. The van der Waals surface area contributed by atoms with Gasteiger partial charge >= 0.3 is 5.97 Å². The van der Waals surface area contributed by atoms with Gasteiger partial charge in [-0.15, -0.1) is 10.2 Å². The van der Waals surface area contributed by atoms with Crippen molar-refractivity contribution in [2.45, 2.75) is 30.7 Å². The van der Waals surface area contributed by atoms with E-state index >= 15 is 0 Å². The van der Waals surface area contributed by atoms with E-state index in [0.717, 1.165) is 0 Å². The van der Waals surface area contributed by atoms with Gasteiger partial charge in [0, 0.05) is 18.8 Å². The topological polar surface area (TPSA) is 105 Å². The van der Waals surface area contributed by atoms with Crippen LogP contribution in [0.25, 0.3) is 0 Å². The Labute approximate surface area is 167 Å². The molecule has 0 unspecified atom stereocenters. The second-order valence-corrected chi connectivity index (χ2v) is 7.07. The Morgan fingerprint density at radius 2 is 1.93 bits per heavy atom. The zero-order valence-corrected chi connectivity index (χ0v) is 17.3. The molecule has 1 aromatic carbocycles. The van der Waals surface area contributed by atoms with Gasteiger partial charge in [0.25, 0.3) is 0 Å². The third-order valence-corrected chi connectivity index (χ3v) is 4.97. The Balaban J connectivity index is 2.01. The van der Waals surface area contributed by atoms with Gasteiger partial charge in [-0.1, -0.05) is 11.8 Å². The van der Waals surface area contributed by atoms with Crippen molar-refractivity contribution in [3.8, 4) is 11.5 Å². The summed E-state index contributed by atoms with van der Waals surface area (Å²) in [5.74, 6) is 1.02. The predicted octanol–water partition coefficient (Wildman–Crippen LogP) is 2.06. The molecule has 2 rings (SSSR count). The minimum atomic E-state index is -0.438. The molecule has 2 aromatic rings. The van der Waals surface area contributed by atoms with E-state index in [0.29, 0.717) is 34.8 Å². The smallest absolute Gasteiger partial charge is 0.313 e. The van der Waals surface area contributed by atoms with Crippen molar-refractivity contribution in [1.29, 1.82) is 0 Å². The summed E-state index contributed by atoms with van der Waals surface area (Å²) < 4.78 is 17.0. The first-order chi connectivity index (χ1) is 13.4. The number of carbonyl (C=O) groups excluding carboxylic acids is 2. The van der Waals surface area contributed by atoms with Crippen LogP contribution in [0.15, 0.2) is 23.4 Å². The van der Waals surface area contributed by atoms with Gasteiger partial charge in [-0.05, 0) is 26.0 Å². The SMILES string of the molecule is CCOC(=O)Cc1nnc(S[C@@H](C)C(=O)Nc2ccc(OC)c(OC)c2)n1C. The number of ether oxygens (including phenoxy) is 3. The van der Waals surface area contributed by atoms with Gasteiger partial charge in [-0.2, -0.15) is 0 Å². The van der Waals surface area contributed by atoms with Crippen LogP contribution in [0.1, 0.15) is 19.7 Å². The minimum absolute atomic E-state index is 0.0319. The maximum atomic E-state index is 12.5. The highest BCUT2D eigenvalue weighted by Gasteiger charge is 2.20. The average molecular weight is 408 g/mol. The molecule has 0 spiro atoms. The van der Waals surface area contributed by atoms with Crippen molar-refractivity contribution < 1.29 is 23.8 Å². The molecular formula is C18H24N4O5S. The molecular weight excluding hydrogens is 384 g/mol. The van der Waals surface area contributed by atoms with Gasteiger partial charge in [0.15, 0.2) is 16.7 Å². The van der Waals surface area contributed by atoms with Gasteiger partial charge in [-0.25, -0.2) is 0 Å². The summed E-state index contributed by atoms with van der Waals surface area (Å²) in [5.41, 5.74) is 0.594. The van der Waals surface area contributed by atoms with E-state index in [9.17, 15) is 9.59 Å². The van der Waals surface area contributed by atoms with Crippen LogP contribution in [-0.2, 0) is 27.8 Å². The molecule has 9 nitrogen and oxygen atoms in total. The van der Waals surface area contributed by atoms with Crippen LogP contribution in [0, 0.1) is 0 Å². The number of anilines is 1. The summed E-state index contributed by atoms with van der Waals surface area (Å²) in [6.07, 6.45) is 0.0319. The van der Waals surface area contributed by atoms with Crippen LogP contribution in [0.5, 0.6) is 11.5 Å². The first-order valence-corrected chi connectivity index (χ1v) is 9.51. The number of aromatic nitrogens is 3. The number of nitrogens with zero attached hydrogens (tertiary/aromatic N) is 3. The summed E-state index contributed by atoms with van der Waals surface area (Å²) in [5, 5.41) is 11.0. The van der Waals surface area contributed by atoms with Gasteiger partial charge in [0.2, 0.25) is 5.91 Å². The molecule has 0 saturated heterocycles. The molecule has 0 bridgehead atoms. The lowest BCUT2D eigenvalue weighted by Crippen LogP contribution is -2.23. The second kappa shape index (κ2) is 9.98. The number of amides is 1. The zero-order valence-electron chi connectivity index (χ0n) is 16.5. The number of hydrogen-bond acceptors (Lipinski definition) is 8. The lowest BCUT2D eigenvalue weighted by molar-refractivity contribution is -0.142. The van der Waals surface area contributed by atoms with Crippen molar-refractivity contribution in [1.82, 2.24) is 14.8 Å². The molecule has 28 heavy (non-hydrogen) atoms. The Hall–Kier alpha value is -2.75. The molecule has 0 saturated carbocycles. The molecule has 1 N–H and O–H groups in total. The van der Waals surface area contributed by atoms with Gasteiger partial charge < -0.3 is 24.1 Å². The summed E-state index contributed by atoms with van der Waals surface area (Å²) in [6, 6.07) is 5.14. The minimum Gasteiger partial charge on any atom is -0.493 e. The Morgan fingerprint density at radius 3 is 2.57 bits per heavy atom. The molecule has 1 amide bonds. The lowest BCUT2D eigenvalue weighted by atomic mass is 10.2.